The second-order valence-electron chi connectivity index (χ2n) is 5.95. The van der Waals surface area contributed by atoms with Gasteiger partial charge in [-0.3, -0.25) is 4.90 Å². The van der Waals surface area contributed by atoms with Gasteiger partial charge in [0.25, 0.3) is 0 Å². The Morgan fingerprint density at radius 2 is 2.00 bits per heavy atom. The monoisotopic (exact) mass is 261 g/mol. The number of para-hydroxylation sites is 1. The number of hydrogen-bond donors (Lipinski definition) is 1. The number of aliphatic hydroxyl groups is 1. The van der Waals surface area contributed by atoms with Crippen molar-refractivity contribution in [2.45, 2.75) is 37.8 Å². The second-order valence-corrected chi connectivity index (χ2v) is 5.95. The van der Waals surface area contributed by atoms with Crippen LogP contribution in [0, 0.1) is 5.92 Å². The molecule has 1 heterocycles. The molecular formula is C16H23NO2. The first-order chi connectivity index (χ1) is 9.25. The fourth-order valence-corrected chi connectivity index (χ4v) is 3.43. The minimum absolute atomic E-state index is 0.0792. The summed E-state index contributed by atoms with van der Waals surface area (Å²) < 4.78 is 5.79. The standard InChI is InChI=1S/C16H23NO2/c1-17(10-12-6-2-3-7-12)14-11-19-15-9-5-4-8-13(15)16(14)18/h4-5,8-9,12,14,16,18H,2-3,6-7,10-11H2,1H3. The number of aliphatic hydroxyl groups excluding tert-OH is 1. The van der Waals surface area contributed by atoms with Gasteiger partial charge in [-0.05, 0) is 31.9 Å². The first-order valence-electron chi connectivity index (χ1n) is 7.35. The van der Waals surface area contributed by atoms with Crippen molar-refractivity contribution in [2.75, 3.05) is 20.2 Å². The van der Waals surface area contributed by atoms with Gasteiger partial charge in [0.2, 0.25) is 0 Å². The van der Waals surface area contributed by atoms with Crippen LogP contribution in [0.2, 0.25) is 0 Å². The molecule has 2 unspecified atom stereocenters. The third-order valence-electron chi connectivity index (χ3n) is 4.60. The molecular weight excluding hydrogens is 238 g/mol. The Morgan fingerprint density at radius 3 is 2.79 bits per heavy atom. The molecule has 0 saturated heterocycles. The molecule has 3 nitrogen and oxygen atoms in total. The lowest BCUT2D eigenvalue weighted by atomic mass is 9.97. The molecule has 1 aromatic carbocycles. The Bertz CT molecular complexity index is 429. The van der Waals surface area contributed by atoms with Crippen molar-refractivity contribution in [2.24, 2.45) is 5.92 Å². The van der Waals surface area contributed by atoms with Crippen molar-refractivity contribution in [1.82, 2.24) is 4.90 Å². The lowest BCUT2D eigenvalue weighted by Gasteiger charge is -2.37. The van der Waals surface area contributed by atoms with Gasteiger partial charge in [-0.2, -0.15) is 0 Å². The zero-order chi connectivity index (χ0) is 13.2. The van der Waals surface area contributed by atoms with Crippen LogP contribution >= 0.6 is 0 Å². The molecule has 2 atom stereocenters. The van der Waals surface area contributed by atoms with Gasteiger partial charge < -0.3 is 9.84 Å². The number of benzene rings is 1. The van der Waals surface area contributed by atoms with E-state index < -0.39 is 6.10 Å². The minimum atomic E-state index is -0.434. The number of ether oxygens (including phenoxy) is 1. The van der Waals surface area contributed by atoms with Crippen LogP contribution in [0.3, 0.4) is 0 Å². The third kappa shape index (κ3) is 2.63. The van der Waals surface area contributed by atoms with Crippen molar-refractivity contribution >= 4 is 0 Å². The average molecular weight is 261 g/mol. The number of rotatable bonds is 3. The van der Waals surface area contributed by atoms with Crippen molar-refractivity contribution in [3.8, 4) is 5.75 Å². The number of fused-ring (bicyclic) bond motifs is 1. The predicted molar refractivity (Wildman–Crippen MR) is 75.3 cm³/mol. The van der Waals surface area contributed by atoms with Crippen LogP contribution in [0.4, 0.5) is 0 Å². The Labute approximate surface area is 115 Å². The number of likely N-dealkylation sites (N-methyl/N-ethyl adjacent to an activating group) is 1. The fraction of sp³-hybridized carbons (Fsp3) is 0.625. The molecule has 0 spiro atoms. The minimum Gasteiger partial charge on any atom is -0.491 e. The van der Waals surface area contributed by atoms with Gasteiger partial charge in [-0.25, -0.2) is 0 Å². The number of hydrogen-bond acceptors (Lipinski definition) is 3. The van der Waals surface area contributed by atoms with Gasteiger partial charge >= 0.3 is 0 Å². The van der Waals surface area contributed by atoms with Gasteiger partial charge in [0.05, 0.1) is 6.04 Å². The van der Waals surface area contributed by atoms with Crippen LogP contribution in [0.5, 0.6) is 5.75 Å². The van der Waals surface area contributed by atoms with E-state index in [0.717, 1.165) is 23.8 Å². The third-order valence-corrected chi connectivity index (χ3v) is 4.60. The van der Waals surface area contributed by atoms with Crippen molar-refractivity contribution < 1.29 is 9.84 Å². The predicted octanol–water partition coefficient (Wildman–Crippen LogP) is 2.60. The Morgan fingerprint density at radius 1 is 1.26 bits per heavy atom. The van der Waals surface area contributed by atoms with E-state index in [2.05, 4.69) is 11.9 Å². The van der Waals surface area contributed by atoms with Gasteiger partial charge in [-0.1, -0.05) is 31.0 Å². The first-order valence-corrected chi connectivity index (χ1v) is 7.35. The topological polar surface area (TPSA) is 32.7 Å². The summed E-state index contributed by atoms with van der Waals surface area (Å²) in [5, 5.41) is 10.5. The highest BCUT2D eigenvalue weighted by Crippen LogP contribution is 2.34. The molecule has 1 aromatic rings. The van der Waals surface area contributed by atoms with E-state index in [1.807, 2.05) is 24.3 Å². The van der Waals surface area contributed by atoms with E-state index in [4.69, 9.17) is 4.74 Å². The van der Waals surface area contributed by atoms with Gasteiger partial charge in [-0.15, -0.1) is 0 Å². The first kappa shape index (κ1) is 12.9. The maximum Gasteiger partial charge on any atom is 0.125 e. The van der Waals surface area contributed by atoms with Crippen LogP contribution in [-0.2, 0) is 0 Å². The van der Waals surface area contributed by atoms with E-state index >= 15 is 0 Å². The quantitative estimate of drug-likeness (QED) is 0.908. The van der Waals surface area contributed by atoms with Crippen LogP contribution < -0.4 is 4.74 Å². The smallest absolute Gasteiger partial charge is 0.125 e. The average Bonchev–Trinajstić information content (AvgIpc) is 2.92. The fourth-order valence-electron chi connectivity index (χ4n) is 3.43. The molecule has 1 saturated carbocycles. The molecule has 1 fully saturated rings. The largest absolute Gasteiger partial charge is 0.491 e. The maximum absolute atomic E-state index is 10.5. The molecule has 3 rings (SSSR count). The van der Waals surface area contributed by atoms with Crippen LogP contribution in [0.25, 0.3) is 0 Å². The van der Waals surface area contributed by atoms with Crippen LogP contribution in [0.1, 0.15) is 37.4 Å². The normalized spacial score (nSPS) is 27.3. The summed E-state index contributed by atoms with van der Waals surface area (Å²) in [6.45, 7) is 1.66. The van der Waals surface area contributed by atoms with Gasteiger partial charge in [0, 0.05) is 12.1 Å². The zero-order valence-electron chi connectivity index (χ0n) is 11.6. The van der Waals surface area contributed by atoms with E-state index in [-0.39, 0.29) is 6.04 Å². The maximum atomic E-state index is 10.5. The molecule has 0 radical (unpaired) electrons. The summed E-state index contributed by atoms with van der Waals surface area (Å²) in [5.74, 6) is 1.63. The summed E-state index contributed by atoms with van der Waals surface area (Å²) >= 11 is 0. The molecule has 3 heteroatoms. The Balaban J connectivity index is 1.68. The van der Waals surface area contributed by atoms with Crippen LogP contribution in [-0.4, -0.2) is 36.2 Å². The van der Waals surface area contributed by atoms with E-state index in [9.17, 15) is 5.11 Å². The highest BCUT2D eigenvalue weighted by atomic mass is 16.5. The highest BCUT2D eigenvalue weighted by molar-refractivity contribution is 5.37. The summed E-state index contributed by atoms with van der Waals surface area (Å²) in [4.78, 5) is 2.29. The molecule has 1 aliphatic carbocycles. The van der Waals surface area contributed by atoms with Crippen LogP contribution in [0.15, 0.2) is 24.3 Å². The molecule has 1 N–H and O–H groups in total. The van der Waals surface area contributed by atoms with E-state index in [0.29, 0.717) is 6.61 Å². The summed E-state index contributed by atoms with van der Waals surface area (Å²) in [6, 6.07) is 7.90. The Kier molecular flexibility index (Phi) is 3.76. The molecule has 19 heavy (non-hydrogen) atoms. The van der Waals surface area contributed by atoms with Gasteiger partial charge in [0.1, 0.15) is 18.5 Å². The van der Waals surface area contributed by atoms with Crippen molar-refractivity contribution in [3.05, 3.63) is 29.8 Å². The molecule has 0 aromatic heterocycles. The van der Waals surface area contributed by atoms with Crippen molar-refractivity contribution in [1.29, 1.82) is 0 Å². The second kappa shape index (κ2) is 5.51. The van der Waals surface area contributed by atoms with Crippen molar-refractivity contribution in [3.63, 3.8) is 0 Å². The SMILES string of the molecule is CN(CC1CCCC1)C1COc2ccccc2C1O. The summed E-state index contributed by atoms with van der Waals surface area (Å²) in [6.07, 6.45) is 4.97. The van der Waals surface area contributed by atoms with E-state index in [1.54, 1.807) is 0 Å². The van der Waals surface area contributed by atoms with Gasteiger partial charge in [0.15, 0.2) is 0 Å². The zero-order valence-corrected chi connectivity index (χ0v) is 11.6. The molecule has 2 aliphatic rings. The molecule has 1 aliphatic heterocycles. The lowest BCUT2D eigenvalue weighted by Crippen LogP contribution is -2.45. The highest BCUT2D eigenvalue weighted by Gasteiger charge is 2.33. The molecule has 104 valence electrons. The lowest BCUT2D eigenvalue weighted by molar-refractivity contribution is 0.00948. The molecule has 0 bridgehead atoms. The summed E-state index contributed by atoms with van der Waals surface area (Å²) in [7, 11) is 2.11. The number of nitrogens with zero attached hydrogens (tertiary/aromatic N) is 1. The Hall–Kier alpha value is -1.06. The van der Waals surface area contributed by atoms with E-state index in [1.165, 1.54) is 25.7 Å². The molecule has 0 amide bonds. The summed E-state index contributed by atoms with van der Waals surface area (Å²) in [5.41, 5.74) is 0.928.